The summed E-state index contributed by atoms with van der Waals surface area (Å²) < 4.78 is 0. The van der Waals surface area contributed by atoms with E-state index < -0.39 is 35.0 Å². The zero-order valence-corrected chi connectivity index (χ0v) is 25.1. The Kier molecular flexibility index (Phi) is 6.10. The number of imide groups is 2. The van der Waals surface area contributed by atoms with Crippen molar-refractivity contribution in [2.45, 2.75) is 24.2 Å². The molecule has 2 aliphatic heterocycles. The summed E-state index contributed by atoms with van der Waals surface area (Å²) >= 11 is 6.38. The summed E-state index contributed by atoms with van der Waals surface area (Å²) in [6.07, 6.45) is 2.65. The number of likely N-dealkylation sites (tertiary alicyclic amines) is 1. The second-order valence-corrected chi connectivity index (χ2v) is 13.0. The molecular formula is C37H29ClN2O5. The third-order valence-corrected chi connectivity index (χ3v) is 10.9. The predicted molar refractivity (Wildman–Crippen MR) is 169 cm³/mol. The first kappa shape index (κ1) is 27.8. The van der Waals surface area contributed by atoms with E-state index in [1.807, 2.05) is 66.7 Å². The number of carbonyl (C=O) groups excluding carboxylic acids is 4. The Labute approximate surface area is 264 Å². The van der Waals surface area contributed by atoms with Crippen LogP contribution in [0.1, 0.15) is 29.9 Å². The molecule has 6 atom stereocenters. The molecule has 0 unspecified atom stereocenters. The summed E-state index contributed by atoms with van der Waals surface area (Å²) in [5.41, 5.74) is 1.39. The molecule has 4 aliphatic rings. The molecule has 1 N–H and O–H groups in total. The molecule has 4 aromatic carbocycles. The number of halogens is 1. The summed E-state index contributed by atoms with van der Waals surface area (Å²) in [5.74, 6) is -4.11. The van der Waals surface area contributed by atoms with Crippen LogP contribution in [0.4, 0.5) is 5.69 Å². The number of phenolic OH excluding ortho intramolecular Hbond substituents is 1. The van der Waals surface area contributed by atoms with E-state index in [9.17, 15) is 19.5 Å². The first-order valence-corrected chi connectivity index (χ1v) is 15.5. The minimum Gasteiger partial charge on any atom is -0.507 e. The fourth-order valence-electron chi connectivity index (χ4n) is 8.80. The van der Waals surface area contributed by atoms with Crippen molar-refractivity contribution >= 4 is 51.7 Å². The molecule has 0 spiro atoms. The minimum atomic E-state index is -1.37. The average Bonchev–Trinajstić information content (AvgIpc) is 3.42. The van der Waals surface area contributed by atoms with E-state index in [4.69, 9.17) is 11.6 Å². The first-order chi connectivity index (χ1) is 21.7. The van der Waals surface area contributed by atoms with Gasteiger partial charge in [-0.2, -0.15) is 0 Å². The molecule has 2 heterocycles. The quantitative estimate of drug-likeness (QED) is 0.225. The van der Waals surface area contributed by atoms with Crippen molar-refractivity contribution in [2.75, 3.05) is 11.9 Å². The summed E-state index contributed by atoms with van der Waals surface area (Å²) in [6.45, 7) is 0. The van der Waals surface area contributed by atoms with Gasteiger partial charge in [0.1, 0.15) is 5.75 Å². The number of anilines is 1. The van der Waals surface area contributed by atoms with Gasteiger partial charge in [-0.05, 0) is 59.5 Å². The molecule has 2 aliphatic carbocycles. The van der Waals surface area contributed by atoms with Gasteiger partial charge in [-0.1, -0.05) is 90.0 Å². The molecule has 2 saturated heterocycles. The lowest BCUT2D eigenvalue weighted by molar-refractivity contribution is -0.138. The summed E-state index contributed by atoms with van der Waals surface area (Å²) in [6, 6.07) is 27.1. The van der Waals surface area contributed by atoms with E-state index in [1.54, 1.807) is 30.3 Å². The van der Waals surface area contributed by atoms with Crippen LogP contribution in [-0.2, 0) is 24.6 Å². The van der Waals surface area contributed by atoms with E-state index in [0.29, 0.717) is 28.1 Å². The van der Waals surface area contributed by atoms with Crippen LogP contribution in [0.25, 0.3) is 10.8 Å². The van der Waals surface area contributed by atoms with E-state index >= 15 is 4.79 Å². The van der Waals surface area contributed by atoms with Crippen LogP contribution < -0.4 is 4.90 Å². The fourth-order valence-corrected chi connectivity index (χ4v) is 8.99. The summed E-state index contributed by atoms with van der Waals surface area (Å²) in [5, 5.41) is 12.7. The maximum Gasteiger partial charge on any atom is 0.246 e. The Balaban J connectivity index is 1.46. The molecule has 0 radical (unpaired) electrons. The van der Waals surface area contributed by atoms with Crippen LogP contribution in [-0.4, -0.2) is 40.7 Å². The molecule has 0 aromatic heterocycles. The molecule has 1 saturated carbocycles. The molecule has 4 aromatic rings. The van der Waals surface area contributed by atoms with Crippen molar-refractivity contribution in [1.29, 1.82) is 0 Å². The van der Waals surface area contributed by atoms with Crippen molar-refractivity contribution in [2.24, 2.45) is 23.7 Å². The molecule has 224 valence electrons. The number of nitrogens with zero attached hydrogens (tertiary/aromatic N) is 2. The number of hydrogen-bond donors (Lipinski definition) is 1. The van der Waals surface area contributed by atoms with Gasteiger partial charge in [0.2, 0.25) is 23.6 Å². The average molecular weight is 617 g/mol. The standard InChI is InChI=1S/C37H29ClN2O5/c1-39-33(42)27-15-14-26-28(31(27)35(39)44)19-29-34(43)40(22-11-7-10-21(38)18-22)36(45)37(29,20-8-3-2-4-9-20)32(26)25-16-17-30(41)24-13-6-5-12-23(24)25/h2-14,16-18,27-29,31-32,41H,15,19H2,1H3/t27-,28+,29-,31-,32-,37+/m0/s1. The SMILES string of the molecule is CN1C(=O)[C@H]2[C@H](CC=C3[C@H]2C[C@H]2C(=O)N(c4cccc(Cl)c4)C(=O)[C@@]2(c2ccccc2)[C@H]3c2ccc(O)c3ccccc23)C1=O. The topological polar surface area (TPSA) is 95.0 Å². The monoisotopic (exact) mass is 616 g/mol. The van der Waals surface area contributed by atoms with E-state index in [1.165, 1.54) is 16.8 Å². The van der Waals surface area contributed by atoms with Gasteiger partial charge in [-0.25, -0.2) is 4.90 Å². The molecule has 0 bridgehead atoms. The van der Waals surface area contributed by atoms with Gasteiger partial charge >= 0.3 is 0 Å². The molecule has 8 heteroatoms. The smallest absolute Gasteiger partial charge is 0.246 e. The Morgan fingerprint density at radius 1 is 0.800 bits per heavy atom. The zero-order valence-electron chi connectivity index (χ0n) is 24.4. The number of allylic oxidation sites excluding steroid dienone is 2. The number of phenols is 1. The highest BCUT2D eigenvalue weighted by Crippen LogP contribution is 2.65. The van der Waals surface area contributed by atoms with Crippen LogP contribution in [0.15, 0.2) is 103 Å². The zero-order chi connectivity index (χ0) is 31.2. The third-order valence-electron chi connectivity index (χ3n) is 10.6. The second kappa shape index (κ2) is 9.88. The highest BCUT2D eigenvalue weighted by molar-refractivity contribution is 6.32. The number of carbonyl (C=O) groups is 4. The van der Waals surface area contributed by atoms with Gasteiger partial charge in [0.05, 0.1) is 28.9 Å². The molecule has 8 rings (SSSR count). The van der Waals surface area contributed by atoms with Crippen molar-refractivity contribution < 1.29 is 24.3 Å². The van der Waals surface area contributed by atoms with Crippen LogP contribution in [0, 0.1) is 23.7 Å². The molecule has 4 amide bonds. The molecule has 3 fully saturated rings. The number of hydrogen-bond acceptors (Lipinski definition) is 5. The lowest BCUT2D eigenvalue weighted by Crippen LogP contribution is -2.53. The molecule has 7 nitrogen and oxygen atoms in total. The number of rotatable bonds is 3. The number of amides is 4. The van der Waals surface area contributed by atoms with Crippen molar-refractivity contribution in [3.63, 3.8) is 0 Å². The van der Waals surface area contributed by atoms with Gasteiger partial charge in [0, 0.05) is 23.4 Å². The number of aromatic hydroxyl groups is 1. The molecular weight excluding hydrogens is 588 g/mol. The fraction of sp³-hybridized carbons (Fsp3) is 0.243. The van der Waals surface area contributed by atoms with E-state index in [-0.39, 0.29) is 35.8 Å². The largest absolute Gasteiger partial charge is 0.507 e. The Morgan fingerprint density at radius 2 is 1.53 bits per heavy atom. The van der Waals surface area contributed by atoms with Gasteiger partial charge in [-0.15, -0.1) is 0 Å². The summed E-state index contributed by atoms with van der Waals surface area (Å²) in [7, 11) is 1.52. The maximum atomic E-state index is 15.3. The Bertz CT molecular complexity index is 1990. The van der Waals surface area contributed by atoms with Crippen LogP contribution in [0.2, 0.25) is 5.02 Å². The Hall–Kier alpha value is -4.75. The maximum absolute atomic E-state index is 15.3. The van der Waals surface area contributed by atoms with Crippen LogP contribution in [0.3, 0.4) is 0 Å². The van der Waals surface area contributed by atoms with Crippen molar-refractivity contribution in [3.05, 3.63) is 119 Å². The number of fused-ring (bicyclic) bond motifs is 5. The highest BCUT2D eigenvalue weighted by Gasteiger charge is 2.70. The van der Waals surface area contributed by atoms with E-state index in [2.05, 4.69) is 0 Å². The van der Waals surface area contributed by atoms with E-state index in [0.717, 1.165) is 16.5 Å². The highest BCUT2D eigenvalue weighted by atomic mass is 35.5. The predicted octanol–water partition coefficient (Wildman–Crippen LogP) is 5.99. The lowest BCUT2D eigenvalue weighted by Gasteiger charge is -2.51. The van der Waals surface area contributed by atoms with Crippen molar-refractivity contribution in [1.82, 2.24) is 4.90 Å². The minimum absolute atomic E-state index is 0.109. The first-order valence-electron chi connectivity index (χ1n) is 15.2. The second-order valence-electron chi connectivity index (χ2n) is 12.5. The van der Waals surface area contributed by atoms with Crippen molar-refractivity contribution in [3.8, 4) is 5.75 Å². The van der Waals surface area contributed by atoms with Gasteiger partial charge < -0.3 is 5.11 Å². The normalized spacial score (nSPS) is 29.1. The van der Waals surface area contributed by atoms with Crippen LogP contribution in [0.5, 0.6) is 5.75 Å². The van der Waals surface area contributed by atoms with Gasteiger partial charge in [0.15, 0.2) is 0 Å². The lowest BCUT2D eigenvalue weighted by atomic mass is 9.49. The Morgan fingerprint density at radius 3 is 2.29 bits per heavy atom. The van der Waals surface area contributed by atoms with Crippen LogP contribution >= 0.6 is 11.6 Å². The molecule has 45 heavy (non-hydrogen) atoms. The number of benzene rings is 4. The van der Waals surface area contributed by atoms with Gasteiger partial charge in [-0.3, -0.25) is 24.1 Å². The third kappa shape index (κ3) is 3.64. The summed E-state index contributed by atoms with van der Waals surface area (Å²) in [4.78, 5) is 59.4. The van der Waals surface area contributed by atoms with Gasteiger partial charge in [0.25, 0.3) is 0 Å².